The Morgan fingerprint density at radius 2 is 1.89 bits per heavy atom. The summed E-state index contributed by atoms with van der Waals surface area (Å²) >= 11 is 5.83. The second-order valence-corrected chi connectivity index (χ2v) is 11.9. The number of rotatable bonds is 3. The quantitative estimate of drug-likeness (QED) is 0.270. The number of hydrogen-bond acceptors (Lipinski definition) is 8. The molecule has 3 unspecified atom stereocenters. The van der Waals surface area contributed by atoms with Crippen molar-refractivity contribution in [2.45, 2.75) is 71.4 Å². The van der Waals surface area contributed by atoms with Crippen LogP contribution in [0.3, 0.4) is 0 Å². The molecule has 15 heteroatoms. The molecular weight excluding hydrogens is 640 g/mol. The van der Waals surface area contributed by atoms with Gasteiger partial charge in [0.05, 0.1) is 55.0 Å². The smallest absolute Gasteiger partial charge is 0.418 e. The van der Waals surface area contributed by atoms with Gasteiger partial charge in [0.25, 0.3) is 6.08 Å². The van der Waals surface area contributed by atoms with Crippen molar-refractivity contribution in [1.29, 1.82) is 0 Å². The number of aromatic nitrogens is 2. The Morgan fingerprint density at radius 1 is 1.15 bits per heavy atom. The van der Waals surface area contributed by atoms with Crippen molar-refractivity contribution in [3.05, 3.63) is 50.9 Å². The maximum atomic E-state index is 14.9. The SMILES string of the molecule is CC.COc1nc2c(c(N3CCOCC(C)C3)n1)COC(c1c(F)c(N)cc(Cl)c1C(F)(F)F)C2.FC(F)=C1CC2CCCN2C1. The fourth-order valence-electron chi connectivity index (χ4n) is 6.26. The van der Waals surface area contributed by atoms with Gasteiger partial charge in [-0.1, -0.05) is 32.4 Å². The zero-order valence-electron chi connectivity index (χ0n) is 26.3. The molecule has 0 spiro atoms. The van der Waals surface area contributed by atoms with Crippen LogP contribution in [0.1, 0.15) is 68.5 Å². The molecule has 2 N–H and O–H groups in total. The maximum absolute atomic E-state index is 14.9. The van der Waals surface area contributed by atoms with Crippen LogP contribution < -0.4 is 15.4 Å². The number of nitrogens with two attached hydrogens (primary N) is 1. The number of nitrogens with zero attached hydrogens (tertiary/aromatic N) is 4. The molecule has 5 heterocycles. The minimum atomic E-state index is -4.90. The van der Waals surface area contributed by atoms with Crippen LogP contribution in [0, 0.1) is 11.7 Å². The van der Waals surface area contributed by atoms with Crippen molar-refractivity contribution in [1.82, 2.24) is 14.9 Å². The molecule has 8 nitrogen and oxygen atoms in total. The lowest BCUT2D eigenvalue weighted by molar-refractivity contribution is -0.140. The molecule has 0 bridgehead atoms. The van der Waals surface area contributed by atoms with Crippen LogP contribution in [0.2, 0.25) is 5.02 Å². The van der Waals surface area contributed by atoms with Crippen molar-refractivity contribution >= 4 is 23.1 Å². The molecule has 1 aromatic heterocycles. The fraction of sp³-hybridized carbons (Fsp3) is 0.613. The van der Waals surface area contributed by atoms with Gasteiger partial charge < -0.3 is 24.8 Å². The van der Waals surface area contributed by atoms with E-state index >= 15 is 0 Å². The first-order valence-electron chi connectivity index (χ1n) is 15.4. The Balaban J connectivity index is 0.000000307. The van der Waals surface area contributed by atoms with Gasteiger partial charge in [0, 0.05) is 48.8 Å². The summed E-state index contributed by atoms with van der Waals surface area (Å²) in [4.78, 5) is 13.0. The van der Waals surface area contributed by atoms with Crippen molar-refractivity contribution in [3.63, 3.8) is 0 Å². The fourth-order valence-corrected chi connectivity index (χ4v) is 6.59. The average molecular weight is 680 g/mol. The van der Waals surface area contributed by atoms with E-state index < -0.39 is 46.0 Å². The number of alkyl halides is 3. The first-order valence-corrected chi connectivity index (χ1v) is 15.7. The van der Waals surface area contributed by atoms with Crippen molar-refractivity contribution in [3.8, 4) is 6.01 Å². The van der Waals surface area contributed by atoms with Crippen molar-refractivity contribution in [2.24, 2.45) is 5.92 Å². The molecule has 3 fully saturated rings. The van der Waals surface area contributed by atoms with Gasteiger partial charge in [0.1, 0.15) is 5.82 Å². The highest BCUT2D eigenvalue weighted by atomic mass is 35.5. The first kappa shape index (κ1) is 36.0. The van der Waals surface area contributed by atoms with Gasteiger partial charge in [-0.05, 0) is 37.8 Å². The summed E-state index contributed by atoms with van der Waals surface area (Å²) in [5.41, 5.74) is 4.46. The highest BCUT2D eigenvalue weighted by molar-refractivity contribution is 6.31. The Kier molecular flexibility index (Phi) is 12.1. The van der Waals surface area contributed by atoms with E-state index in [0.29, 0.717) is 68.0 Å². The molecule has 4 aliphatic heterocycles. The number of benzene rings is 1. The van der Waals surface area contributed by atoms with Crippen LogP contribution in [0.15, 0.2) is 17.7 Å². The predicted molar refractivity (Wildman–Crippen MR) is 163 cm³/mol. The lowest BCUT2D eigenvalue weighted by Crippen LogP contribution is -2.33. The summed E-state index contributed by atoms with van der Waals surface area (Å²) in [5.74, 6) is -0.408. The number of methoxy groups -OCH3 is 1. The molecule has 3 saturated heterocycles. The third-order valence-corrected chi connectivity index (χ3v) is 8.61. The molecular formula is C31H40ClF6N5O3. The largest absolute Gasteiger partial charge is 0.467 e. The summed E-state index contributed by atoms with van der Waals surface area (Å²) in [6.45, 7) is 9.79. The number of halogens is 7. The van der Waals surface area contributed by atoms with Crippen LogP contribution in [0.25, 0.3) is 0 Å². The molecule has 6 rings (SSSR count). The van der Waals surface area contributed by atoms with Gasteiger partial charge in [0.15, 0.2) is 5.82 Å². The molecule has 3 atom stereocenters. The van der Waals surface area contributed by atoms with Gasteiger partial charge in [0.2, 0.25) is 0 Å². The molecule has 0 amide bonds. The average Bonchev–Trinajstić information content (AvgIpc) is 3.57. The topological polar surface area (TPSA) is 86.0 Å². The molecule has 46 heavy (non-hydrogen) atoms. The van der Waals surface area contributed by atoms with Crippen LogP contribution >= 0.6 is 11.6 Å². The Labute approximate surface area is 269 Å². The molecule has 0 aliphatic carbocycles. The Morgan fingerprint density at radius 3 is 2.54 bits per heavy atom. The lowest BCUT2D eigenvalue weighted by atomic mass is 9.93. The van der Waals surface area contributed by atoms with Gasteiger partial charge in [-0.2, -0.15) is 31.9 Å². The van der Waals surface area contributed by atoms with Crippen LogP contribution in [-0.2, 0) is 28.7 Å². The summed E-state index contributed by atoms with van der Waals surface area (Å²) in [6, 6.07) is 1.25. The highest BCUT2D eigenvalue weighted by Gasteiger charge is 2.42. The van der Waals surface area contributed by atoms with Crippen molar-refractivity contribution < 1.29 is 40.6 Å². The number of fused-ring (bicyclic) bond motifs is 2. The van der Waals surface area contributed by atoms with Gasteiger partial charge in [-0.25, -0.2) is 4.39 Å². The minimum Gasteiger partial charge on any atom is -0.467 e. The summed E-state index contributed by atoms with van der Waals surface area (Å²) < 4.78 is 97.0. The van der Waals surface area contributed by atoms with E-state index in [9.17, 15) is 26.3 Å². The molecule has 2 aromatic rings. The van der Waals surface area contributed by atoms with E-state index in [-0.39, 0.29) is 25.0 Å². The number of anilines is 2. The maximum Gasteiger partial charge on any atom is 0.418 e. The number of nitrogen functional groups attached to an aromatic ring is 1. The third-order valence-electron chi connectivity index (χ3n) is 8.31. The number of hydrogen-bond donors (Lipinski definition) is 1. The summed E-state index contributed by atoms with van der Waals surface area (Å²) in [7, 11) is 1.40. The van der Waals surface area contributed by atoms with E-state index in [1.165, 1.54) is 13.5 Å². The predicted octanol–water partition coefficient (Wildman–Crippen LogP) is 7.20. The second kappa shape index (κ2) is 15.4. The van der Waals surface area contributed by atoms with Crippen molar-refractivity contribution in [2.75, 3.05) is 57.1 Å². The summed E-state index contributed by atoms with van der Waals surface area (Å²) in [6.07, 6.45) is -4.87. The highest BCUT2D eigenvalue weighted by Crippen LogP contribution is 2.46. The van der Waals surface area contributed by atoms with E-state index in [1.807, 2.05) is 25.7 Å². The third kappa shape index (κ3) is 8.00. The zero-order chi connectivity index (χ0) is 33.8. The Bertz CT molecular complexity index is 1390. The first-order chi connectivity index (χ1) is 21.9. The molecule has 1 aromatic carbocycles. The van der Waals surface area contributed by atoms with Crippen LogP contribution in [0.5, 0.6) is 6.01 Å². The van der Waals surface area contributed by atoms with Crippen LogP contribution in [-0.4, -0.2) is 67.4 Å². The monoisotopic (exact) mass is 679 g/mol. The van der Waals surface area contributed by atoms with E-state index in [1.54, 1.807) is 0 Å². The minimum absolute atomic E-state index is 0.0596. The van der Waals surface area contributed by atoms with E-state index in [4.69, 9.17) is 31.5 Å². The number of ether oxygens (including phenoxy) is 3. The normalized spacial score (nSPS) is 23.0. The van der Waals surface area contributed by atoms with E-state index in [0.717, 1.165) is 19.0 Å². The molecule has 4 aliphatic rings. The van der Waals surface area contributed by atoms with Gasteiger partial charge in [-0.15, -0.1) is 0 Å². The molecule has 0 radical (unpaired) electrons. The second-order valence-electron chi connectivity index (χ2n) is 11.5. The standard InChI is InChI=1S/C21H23ClF4N4O3.C8H11F2N.C2H6/c1-10-7-30(3-4-32-8-10)19-11-9-33-15(6-14(11)28-20(29-19)31-2)16-17(21(24,25)26)12(22)5-13(27)18(16)23;9-8(10)6-4-7-2-1-3-11(7)5-6;1-2/h5,10,15H,3-4,6-9,27H2,1-2H3;7H,1-5H2;1-2H3. The van der Waals surface area contributed by atoms with E-state index in [2.05, 4.69) is 14.9 Å². The Hall–Kier alpha value is -2.81. The van der Waals surface area contributed by atoms with Crippen LogP contribution in [0.4, 0.5) is 37.8 Å². The molecule has 0 saturated carbocycles. The zero-order valence-corrected chi connectivity index (χ0v) is 27.1. The van der Waals surface area contributed by atoms with Gasteiger partial charge in [-0.3, -0.25) is 4.90 Å². The summed E-state index contributed by atoms with van der Waals surface area (Å²) in [5, 5.41) is -0.690. The lowest BCUT2D eigenvalue weighted by Gasteiger charge is -2.32. The van der Waals surface area contributed by atoms with Gasteiger partial charge >= 0.3 is 12.2 Å². The molecule has 256 valence electrons.